The lowest BCUT2D eigenvalue weighted by Gasteiger charge is -2.10. The highest BCUT2D eigenvalue weighted by Crippen LogP contribution is 2.43. The number of para-hydroxylation sites is 1. The average molecular weight is 645 g/mol. The summed E-state index contributed by atoms with van der Waals surface area (Å²) < 4.78 is 8.02. The Labute approximate surface area is 191 Å². The number of aromatic amines is 1. The lowest BCUT2D eigenvalue weighted by atomic mass is 10.2. The van der Waals surface area contributed by atoms with E-state index in [0.717, 1.165) is 4.47 Å². The Balaban J connectivity index is 1.77. The van der Waals surface area contributed by atoms with E-state index in [4.69, 9.17) is 16.3 Å². The fraction of sp³-hybridized carbons (Fsp3) is 0.0625. The number of rotatable bonds is 4. The Morgan fingerprint density at radius 3 is 2.67 bits per heavy atom. The number of ether oxygens (including phenoxy) is 1. The van der Waals surface area contributed by atoms with E-state index in [1.807, 2.05) is 6.07 Å². The summed E-state index contributed by atoms with van der Waals surface area (Å²) >= 11 is 19.5. The Hall–Kier alpha value is -0.940. The standard InChI is InChI=1S/C16H8Br4ClN3O3/c17-7-3-1-2-6-13(7)22-16(26)14(6)24-23-10(25)5-27-15-9(19)4-8(18)12(21)11(15)20/h1-4,22,26H,5H2. The van der Waals surface area contributed by atoms with Crippen LogP contribution in [0.1, 0.15) is 0 Å². The van der Waals surface area contributed by atoms with Gasteiger partial charge >= 0.3 is 5.91 Å². The molecule has 6 nitrogen and oxygen atoms in total. The van der Waals surface area contributed by atoms with Gasteiger partial charge in [-0.15, -0.1) is 10.2 Å². The molecule has 0 radical (unpaired) electrons. The van der Waals surface area contributed by atoms with Crippen molar-refractivity contribution >= 4 is 97.8 Å². The molecule has 27 heavy (non-hydrogen) atoms. The van der Waals surface area contributed by atoms with Gasteiger partial charge in [0, 0.05) is 14.3 Å². The lowest BCUT2D eigenvalue weighted by Crippen LogP contribution is -2.08. The number of H-pyrrole nitrogens is 1. The molecule has 0 spiro atoms. The van der Waals surface area contributed by atoms with Crippen LogP contribution in [0.5, 0.6) is 11.6 Å². The largest absolute Gasteiger partial charge is 0.493 e. The number of azo groups is 1. The fourth-order valence-electron chi connectivity index (χ4n) is 2.21. The minimum Gasteiger partial charge on any atom is -0.493 e. The highest BCUT2D eigenvalue weighted by atomic mass is 79.9. The third-order valence-corrected chi connectivity index (χ3v) is 6.89. The number of hydrogen-bond donors (Lipinski definition) is 2. The molecule has 1 heterocycles. The number of nitrogens with zero attached hydrogens (tertiary/aromatic N) is 2. The summed E-state index contributed by atoms with van der Waals surface area (Å²) in [4.78, 5) is 14.8. The van der Waals surface area contributed by atoms with E-state index < -0.39 is 5.91 Å². The maximum absolute atomic E-state index is 12.0. The summed E-state index contributed by atoms with van der Waals surface area (Å²) in [5, 5.41) is 18.5. The highest BCUT2D eigenvalue weighted by Gasteiger charge is 2.16. The summed E-state index contributed by atoms with van der Waals surface area (Å²) in [5.74, 6) is -0.443. The van der Waals surface area contributed by atoms with E-state index in [0.29, 0.717) is 35.1 Å². The number of aromatic nitrogens is 1. The number of hydrogen-bond acceptors (Lipinski definition) is 4. The second kappa shape index (κ2) is 8.60. The first kappa shape index (κ1) is 20.8. The molecule has 11 heteroatoms. The Morgan fingerprint density at radius 1 is 1.19 bits per heavy atom. The second-order valence-electron chi connectivity index (χ2n) is 5.16. The van der Waals surface area contributed by atoms with Gasteiger partial charge in [0.2, 0.25) is 5.88 Å². The van der Waals surface area contributed by atoms with Crippen LogP contribution in [0.2, 0.25) is 5.02 Å². The monoisotopic (exact) mass is 641 g/mol. The van der Waals surface area contributed by atoms with Crippen LogP contribution in [0.15, 0.2) is 52.4 Å². The predicted molar refractivity (Wildman–Crippen MR) is 117 cm³/mol. The van der Waals surface area contributed by atoms with Crippen molar-refractivity contribution in [1.82, 2.24) is 4.98 Å². The van der Waals surface area contributed by atoms with E-state index in [1.54, 1.807) is 18.2 Å². The molecule has 1 aromatic heterocycles. The van der Waals surface area contributed by atoms with Crippen molar-refractivity contribution in [3.63, 3.8) is 0 Å². The number of aromatic hydroxyl groups is 1. The summed E-state index contributed by atoms with van der Waals surface area (Å²) in [6.07, 6.45) is 0. The molecule has 0 aliphatic carbocycles. The topological polar surface area (TPSA) is 87.0 Å². The molecule has 0 unspecified atom stereocenters. The van der Waals surface area contributed by atoms with Crippen molar-refractivity contribution in [3.05, 3.63) is 47.2 Å². The van der Waals surface area contributed by atoms with Gasteiger partial charge in [-0.05, 0) is 75.9 Å². The maximum Gasteiger partial charge on any atom is 0.302 e. The lowest BCUT2D eigenvalue weighted by molar-refractivity contribution is -0.120. The van der Waals surface area contributed by atoms with Crippen LogP contribution in [0.3, 0.4) is 0 Å². The van der Waals surface area contributed by atoms with Gasteiger partial charge in [0.05, 0.1) is 19.5 Å². The molecule has 0 aliphatic rings. The molecule has 2 N–H and O–H groups in total. The van der Waals surface area contributed by atoms with E-state index in [-0.39, 0.29) is 18.2 Å². The molecule has 0 atom stereocenters. The number of amides is 1. The van der Waals surface area contributed by atoms with Crippen LogP contribution < -0.4 is 4.74 Å². The van der Waals surface area contributed by atoms with Gasteiger partial charge in [-0.1, -0.05) is 23.7 Å². The van der Waals surface area contributed by atoms with Crippen molar-refractivity contribution in [1.29, 1.82) is 0 Å². The number of carbonyl (C=O) groups is 1. The maximum atomic E-state index is 12.0. The zero-order chi connectivity index (χ0) is 19.7. The first-order valence-corrected chi connectivity index (χ1v) is 10.7. The SMILES string of the molecule is O=C(COc1c(Br)cc(Br)c(Cl)c1Br)N=Nc1c(O)[nH]c2c(Br)cccc12. The van der Waals surface area contributed by atoms with Crippen LogP contribution in [-0.2, 0) is 4.79 Å². The van der Waals surface area contributed by atoms with Crippen LogP contribution >= 0.6 is 75.3 Å². The Bertz CT molecular complexity index is 1080. The zero-order valence-electron chi connectivity index (χ0n) is 13.1. The van der Waals surface area contributed by atoms with Crippen LogP contribution in [0, 0.1) is 0 Å². The minimum atomic E-state index is -0.628. The van der Waals surface area contributed by atoms with Crippen LogP contribution in [-0.4, -0.2) is 22.6 Å². The van der Waals surface area contributed by atoms with E-state index >= 15 is 0 Å². The van der Waals surface area contributed by atoms with Gasteiger partial charge in [-0.2, -0.15) is 0 Å². The first-order valence-electron chi connectivity index (χ1n) is 7.19. The zero-order valence-corrected chi connectivity index (χ0v) is 20.2. The summed E-state index contributed by atoms with van der Waals surface area (Å²) in [7, 11) is 0. The molecule has 0 saturated carbocycles. The van der Waals surface area contributed by atoms with Crippen molar-refractivity contribution in [2.45, 2.75) is 0 Å². The number of nitrogens with one attached hydrogen (secondary N) is 1. The molecule has 0 bridgehead atoms. The van der Waals surface area contributed by atoms with Gasteiger partial charge in [0.1, 0.15) is 5.75 Å². The molecule has 0 saturated heterocycles. The number of benzene rings is 2. The van der Waals surface area contributed by atoms with Crippen molar-refractivity contribution in [2.24, 2.45) is 10.2 Å². The van der Waals surface area contributed by atoms with Gasteiger partial charge < -0.3 is 14.8 Å². The van der Waals surface area contributed by atoms with E-state index in [2.05, 4.69) is 78.9 Å². The van der Waals surface area contributed by atoms with Crippen molar-refractivity contribution in [2.75, 3.05) is 6.61 Å². The molecular formula is C16H8Br4ClN3O3. The van der Waals surface area contributed by atoms with Gasteiger partial charge in [-0.3, -0.25) is 4.79 Å². The molecule has 3 rings (SSSR count). The minimum absolute atomic E-state index is 0.175. The van der Waals surface area contributed by atoms with Gasteiger partial charge in [0.25, 0.3) is 0 Å². The number of halogens is 5. The van der Waals surface area contributed by atoms with Crippen LogP contribution in [0.4, 0.5) is 5.69 Å². The predicted octanol–water partition coefficient (Wildman–Crippen LogP) is 7.27. The third-order valence-electron chi connectivity index (χ3n) is 3.41. The summed E-state index contributed by atoms with van der Waals surface area (Å²) in [5.41, 5.74) is 0.832. The molecule has 0 fully saturated rings. The molecular weight excluding hydrogens is 637 g/mol. The molecule has 3 aromatic rings. The molecule has 140 valence electrons. The summed E-state index contributed by atoms with van der Waals surface area (Å²) in [6, 6.07) is 7.06. The van der Waals surface area contributed by atoms with E-state index in [1.165, 1.54) is 0 Å². The van der Waals surface area contributed by atoms with Crippen LogP contribution in [0.25, 0.3) is 10.9 Å². The third kappa shape index (κ3) is 4.40. The summed E-state index contributed by atoms with van der Waals surface area (Å²) in [6.45, 7) is -0.356. The normalized spacial score (nSPS) is 11.4. The van der Waals surface area contributed by atoms with Crippen molar-refractivity contribution < 1.29 is 14.6 Å². The molecule has 0 aliphatic heterocycles. The quantitative estimate of drug-likeness (QED) is 0.178. The number of carbonyl (C=O) groups excluding carboxylic acids is 1. The second-order valence-corrected chi connectivity index (χ2v) is 8.90. The smallest absolute Gasteiger partial charge is 0.302 e. The Kier molecular flexibility index (Phi) is 6.62. The van der Waals surface area contributed by atoms with Gasteiger partial charge in [-0.25, -0.2) is 0 Å². The molecule has 1 amide bonds. The van der Waals surface area contributed by atoms with Gasteiger partial charge in [0.15, 0.2) is 12.3 Å². The van der Waals surface area contributed by atoms with Crippen molar-refractivity contribution in [3.8, 4) is 11.6 Å². The average Bonchev–Trinajstić information content (AvgIpc) is 2.95. The fourth-order valence-corrected chi connectivity index (χ4v) is 5.16. The first-order chi connectivity index (χ1) is 12.8. The number of fused-ring (bicyclic) bond motifs is 1. The molecule has 2 aromatic carbocycles. The highest BCUT2D eigenvalue weighted by molar-refractivity contribution is 9.11. The van der Waals surface area contributed by atoms with E-state index in [9.17, 15) is 9.90 Å². The Morgan fingerprint density at radius 2 is 1.93 bits per heavy atom.